The number of hydrogen-bond acceptors (Lipinski definition) is 3. The van der Waals surface area contributed by atoms with Crippen LogP contribution in [0, 0.1) is 0 Å². The van der Waals surface area contributed by atoms with Crippen molar-refractivity contribution < 1.29 is 0 Å². The summed E-state index contributed by atoms with van der Waals surface area (Å²) >= 11 is 3.79. The summed E-state index contributed by atoms with van der Waals surface area (Å²) in [5.41, 5.74) is 14.1. The van der Waals surface area contributed by atoms with E-state index in [4.69, 9.17) is 0 Å². The van der Waals surface area contributed by atoms with E-state index >= 15 is 0 Å². The van der Waals surface area contributed by atoms with E-state index in [0.717, 1.165) is 0 Å². The summed E-state index contributed by atoms with van der Waals surface area (Å²) in [5, 5.41) is 10.4. The molecule has 0 saturated carbocycles. The van der Waals surface area contributed by atoms with Crippen molar-refractivity contribution >= 4 is 130 Å². The van der Waals surface area contributed by atoms with Crippen molar-refractivity contribution in [3.63, 3.8) is 0 Å². The van der Waals surface area contributed by atoms with Crippen LogP contribution in [0.2, 0.25) is 0 Å². The van der Waals surface area contributed by atoms with Crippen molar-refractivity contribution in [1.82, 2.24) is 4.48 Å². The fraction of sp³-hybridized carbons (Fsp3) is 0. The monoisotopic (exact) mass is 756 g/mol. The maximum atomic E-state index is 2.72. The maximum absolute atomic E-state index is 2.72. The Morgan fingerprint density at radius 2 is 1.07 bits per heavy atom. The van der Waals surface area contributed by atoms with E-state index in [-0.39, 0.29) is 6.85 Å². The lowest BCUT2D eigenvalue weighted by Gasteiger charge is -2.41. The zero-order valence-corrected chi connectivity index (χ0v) is 32.2. The highest BCUT2D eigenvalue weighted by Gasteiger charge is 2.43. The van der Waals surface area contributed by atoms with Gasteiger partial charge in [-0.25, -0.2) is 0 Å². The predicted octanol–water partition coefficient (Wildman–Crippen LogP) is 13.8. The molecule has 0 spiro atoms. The van der Waals surface area contributed by atoms with Gasteiger partial charge >= 0.3 is 6.85 Å². The Labute approximate surface area is 336 Å². The molecule has 0 fully saturated rings. The maximum Gasteiger partial charge on any atom is 0.333 e. The second-order valence-corrected chi connectivity index (χ2v) is 17.8. The molecule has 262 valence electrons. The molecule has 0 N–H and O–H groups in total. The van der Waals surface area contributed by atoms with Crippen LogP contribution in [-0.4, -0.2) is 11.3 Å². The van der Waals surface area contributed by atoms with Crippen molar-refractivity contribution in [2.45, 2.75) is 0 Å². The van der Waals surface area contributed by atoms with Crippen molar-refractivity contribution in [3.05, 3.63) is 176 Å². The molecule has 0 saturated heterocycles. The second-order valence-electron chi connectivity index (χ2n) is 15.6. The number of fused-ring (bicyclic) bond motifs is 15. The van der Waals surface area contributed by atoms with Gasteiger partial charge in [-0.05, 0) is 87.6 Å². The Morgan fingerprint density at radius 1 is 0.386 bits per heavy atom. The standard InChI is InChI=1S/C52H29BN2S2/c1-2-11-30(12-3-1)32-25-42-38-18-10-17-37-39-23-21-31-13-4-5-14-34(31)51(39)55(52(37)38)53-43-29-49-41(36-16-7-9-20-47(36)57-49)28-44(43)54(45(26-32)50(42)53)33-22-24-48-40(27-33)35-15-6-8-19-46(35)56-48/h1-29H. The summed E-state index contributed by atoms with van der Waals surface area (Å²) in [6, 6.07) is 66.4. The Morgan fingerprint density at radius 3 is 1.91 bits per heavy atom. The third-order valence-electron chi connectivity index (χ3n) is 12.7. The number of anilines is 3. The Kier molecular flexibility index (Phi) is 5.90. The number of hydrogen-bond donors (Lipinski definition) is 0. The molecule has 9 aromatic carbocycles. The van der Waals surface area contributed by atoms with Gasteiger partial charge in [-0.3, -0.25) is 0 Å². The highest BCUT2D eigenvalue weighted by molar-refractivity contribution is 7.26. The van der Waals surface area contributed by atoms with Gasteiger partial charge < -0.3 is 9.38 Å². The van der Waals surface area contributed by atoms with Gasteiger partial charge in [0.25, 0.3) is 0 Å². The van der Waals surface area contributed by atoms with Crippen molar-refractivity contribution in [3.8, 4) is 22.3 Å². The molecule has 5 heteroatoms. The van der Waals surface area contributed by atoms with Crippen molar-refractivity contribution in [2.75, 3.05) is 4.90 Å². The van der Waals surface area contributed by atoms with Gasteiger partial charge in [-0.2, -0.15) is 0 Å². The lowest BCUT2D eigenvalue weighted by atomic mass is 9.45. The molecule has 12 aromatic rings. The first-order valence-corrected chi connectivity index (χ1v) is 21.2. The third kappa shape index (κ3) is 4.00. The number of para-hydroxylation sites is 1. The van der Waals surface area contributed by atoms with Crippen molar-refractivity contribution in [1.29, 1.82) is 0 Å². The molecule has 3 aromatic heterocycles. The Balaban J connectivity index is 1.19. The van der Waals surface area contributed by atoms with Crippen molar-refractivity contribution in [2.24, 2.45) is 0 Å². The predicted molar refractivity (Wildman–Crippen MR) is 249 cm³/mol. The highest BCUT2D eigenvalue weighted by Crippen LogP contribution is 2.50. The molecule has 5 heterocycles. The highest BCUT2D eigenvalue weighted by atomic mass is 32.1. The van der Waals surface area contributed by atoms with E-state index in [9.17, 15) is 0 Å². The van der Waals surface area contributed by atoms with Crippen LogP contribution in [-0.2, 0) is 0 Å². The molecule has 0 bridgehead atoms. The summed E-state index contributed by atoms with van der Waals surface area (Å²) < 4.78 is 8.02. The van der Waals surface area contributed by atoms with Crippen LogP contribution in [0.4, 0.5) is 17.1 Å². The first kappa shape index (κ1) is 30.6. The van der Waals surface area contributed by atoms with Gasteiger partial charge in [0.1, 0.15) is 0 Å². The largest absolute Gasteiger partial charge is 0.375 e. The molecule has 0 amide bonds. The van der Waals surface area contributed by atoms with Crippen LogP contribution < -0.4 is 15.8 Å². The molecule has 2 aliphatic rings. The minimum atomic E-state index is -0.0351. The number of thiophene rings is 2. The number of benzene rings is 9. The Hall–Kier alpha value is -6.66. The number of aromatic nitrogens is 1. The fourth-order valence-corrected chi connectivity index (χ4v) is 12.6. The summed E-state index contributed by atoms with van der Waals surface area (Å²) in [6.07, 6.45) is 0. The van der Waals surface area contributed by atoms with Crippen LogP contribution in [0.1, 0.15) is 0 Å². The minimum absolute atomic E-state index is 0.0351. The molecule has 0 atom stereocenters. The first-order valence-electron chi connectivity index (χ1n) is 19.6. The molecule has 0 aliphatic carbocycles. The zero-order valence-electron chi connectivity index (χ0n) is 30.5. The average Bonchev–Trinajstić information content (AvgIpc) is 3.94. The van der Waals surface area contributed by atoms with Gasteiger partial charge in [0.15, 0.2) is 0 Å². The van der Waals surface area contributed by atoms with Gasteiger partial charge in [0.2, 0.25) is 0 Å². The molecule has 57 heavy (non-hydrogen) atoms. The molecular weight excluding hydrogens is 728 g/mol. The van der Waals surface area contributed by atoms with E-state index < -0.39 is 0 Å². The molecule has 2 nitrogen and oxygen atoms in total. The van der Waals surface area contributed by atoms with Gasteiger partial charge in [0, 0.05) is 90.2 Å². The van der Waals surface area contributed by atoms with Gasteiger partial charge in [-0.1, -0.05) is 121 Å². The van der Waals surface area contributed by atoms with E-state index in [1.54, 1.807) is 0 Å². The quantitative estimate of drug-likeness (QED) is 0.160. The molecule has 0 unspecified atom stereocenters. The average molecular weight is 757 g/mol. The lowest BCUT2D eigenvalue weighted by molar-refractivity contribution is 1.26. The third-order valence-corrected chi connectivity index (χ3v) is 15.0. The van der Waals surface area contributed by atoms with Gasteiger partial charge in [0.05, 0.1) is 0 Å². The Bertz CT molecular complexity index is 3720. The molecule has 2 aliphatic heterocycles. The summed E-state index contributed by atoms with van der Waals surface area (Å²) in [7, 11) is 0. The van der Waals surface area contributed by atoms with Crippen LogP contribution in [0.3, 0.4) is 0 Å². The van der Waals surface area contributed by atoms with E-state index in [2.05, 4.69) is 185 Å². The zero-order chi connectivity index (χ0) is 36.9. The van der Waals surface area contributed by atoms with E-state index in [1.807, 2.05) is 22.7 Å². The SMILES string of the molecule is c1ccc(-c2cc3c4c(c2)N(c2ccc5sc6ccccc6c5c2)c2cc5c(cc2B4n2c4c-3cccc4c3ccc4ccccc4c32)sc2ccccc25)cc1. The van der Waals surface area contributed by atoms with E-state index in [1.165, 1.54) is 123 Å². The summed E-state index contributed by atoms with van der Waals surface area (Å²) in [6.45, 7) is -0.0351. The van der Waals surface area contributed by atoms with E-state index in [0.29, 0.717) is 0 Å². The topological polar surface area (TPSA) is 8.17 Å². The molecule has 0 radical (unpaired) electrons. The summed E-state index contributed by atoms with van der Waals surface area (Å²) in [4.78, 5) is 2.60. The van der Waals surface area contributed by atoms with Crippen LogP contribution in [0.5, 0.6) is 0 Å². The second kappa shape index (κ2) is 11.0. The molecule has 14 rings (SSSR count). The first-order chi connectivity index (χ1) is 28.3. The van der Waals surface area contributed by atoms with Crippen LogP contribution >= 0.6 is 22.7 Å². The number of rotatable bonds is 2. The fourth-order valence-electron chi connectivity index (χ4n) is 10.3. The van der Waals surface area contributed by atoms with Crippen LogP contribution in [0.25, 0.3) is 95.2 Å². The number of nitrogens with zero attached hydrogens (tertiary/aromatic N) is 2. The smallest absolute Gasteiger partial charge is 0.333 e. The molecular formula is C52H29BN2S2. The van der Waals surface area contributed by atoms with Gasteiger partial charge in [-0.15, -0.1) is 22.7 Å². The summed E-state index contributed by atoms with van der Waals surface area (Å²) in [5.74, 6) is 0. The normalized spacial score (nSPS) is 13.2. The lowest BCUT2D eigenvalue weighted by Crippen LogP contribution is -2.56. The minimum Gasteiger partial charge on any atom is -0.375 e. The van der Waals surface area contributed by atoms with Crippen LogP contribution in [0.15, 0.2) is 176 Å².